The monoisotopic (exact) mass is 450 g/mol. The third kappa shape index (κ3) is 4.40. The highest BCUT2D eigenvalue weighted by Crippen LogP contribution is 2.32. The van der Waals surface area contributed by atoms with Crippen molar-refractivity contribution in [3.8, 4) is 11.5 Å². The molecule has 1 heterocycles. The van der Waals surface area contributed by atoms with Crippen molar-refractivity contribution in [2.45, 2.75) is 16.8 Å². The summed E-state index contributed by atoms with van der Waals surface area (Å²) in [6.07, 6.45) is 0. The molecule has 0 aliphatic carbocycles. The Bertz CT molecular complexity index is 1010. The Morgan fingerprint density at radius 2 is 1.78 bits per heavy atom. The lowest BCUT2D eigenvalue weighted by Gasteiger charge is -2.06. The Kier molecular flexibility index (Phi) is 5.98. The van der Waals surface area contributed by atoms with Gasteiger partial charge in [0.2, 0.25) is 26.6 Å². The van der Waals surface area contributed by atoms with E-state index in [0.717, 1.165) is 10.0 Å². The summed E-state index contributed by atoms with van der Waals surface area (Å²) in [5, 5.41) is 2.82. The summed E-state index contributed by atoms with van der Waals surface area (Å²) in [4.78, 5) is 4.45. The van der Waals surface area contributed by atoms with Crippen LogP contribution in [0.1, 0.15) is 5.56 Å². The molecule has 27 heavy (non-hydrogen) atoms. The Hall–Kier alpha value is -2.16. The number of hydrogen-bond donors (Lipinski definition) is 1. The van der Waals surface area contributed by atoms with Gasteiger partial charge in [0.15, 0.2) is 0 Å². The molecule has 0 saturated carbocycles. The van der Waals surface area contributed by atoms with Gasteiger partial charge in [0, 0.05) is 23.7 Å². The average molecular weight is 451 g/mol. The predicted molar refractivity (Wildman–Crippen MR) is 107 cm³/mol. The SMILES string of the molecule is COCCNc1oc(-c2ccc(Br)cc2)nc1S(=O)(=O)c1ccc(C)cc1. The highest BCUT2D eigenvalue weighted by molar-refractivity contribution is 9.10. The number of sulfone groups is 1. The maximum absolute atomic E-state index is 13.1. The molecule has 1 N–H and O–H groups in total. The number of halogens is 1. The van der Waals surface area contributed by atoms with Crippen molar-refractivity contribution in [1.82, 2.24) is 4.98 Å². The van der Waals surface area contributed by atoms with Gasteiger partial charge in [-0.3, -0.25) is 0 Å². The molecule has 2 aromatic carbocycles. The Morgan fingerprint density at radius 3 is 2.41 bits per heavy atom. The van der Waals surface area contributed by atoms with E-state index in [9.17, 15) is 8.42 Å². The van der Waals surface area contributed by atoms with Crippen molar-refractivity contribution in [3.05, 3.63) is 58.6 Å². The minimum atomic E-state index is -3.84. The lowest BCUT2D eigenvalue weighted by molar-refractivity contribution is 0.210. The largest absolute Gasteiger partial charge is 0.419 e. The molecule has 3 rings (SSSR count). The second-order valence-corrected chi connectivity index (χ2v) is 8.68. The van der Waals surface area contributed by atoms with Crippen molar-refractivity contribution >= 4 is 31.7 Å². The van der Waals surface area contributed by atoms with Crippen LogP contribution in [0, 0.1) is 6.92 Å². The molecule has 0 fully saturated rings. The van der Waals surface area contributed by atoms with Crippen LogP contribution in [0.15, 0.2) is 67.3 Å². The quantitative estimate of drug-likeness (QED) is 0.540. The number of benzene rings is 2. The lowest BCUT2D eigenvalue weighted by Crippen LogP contribution is -2.11. The van der Waals surface area contributed by atoms with Crippen LogP contribution in [0.4, 0.5) is 5.88 Å². The first-order chi connectivity index (χ1) is 12.9. The van der Waals surface area contributed by atoms with Crippen LogP contribution in [0.2, 0.25) is 0 Å². The molecular weight excluding hydrogens is 432 g/mol. The number of aromatic nitrogens is 1. The van der Waals surface area contributed by atoms with E-state index < -0.39 is 9.84 Å². The predicted octanol–water partition coefficient (Wildman–Crippen LogP) is 4.30. The molecule has 1 aromatic heterocycles. The van der Waals surface area contributed by atoms with Crippen molar-refractivity contribution in [2.24, 2.45) is 0 Å². The standard InChI is InChI=1S/C19H19BrN2O4S/c1-13-3-9-16(10-4-13)27(23,24)19-18(21-11-12-25-2)26-17(22-19)14-5-7-15(20)8-6-14/h3-10,21H,11-12H2,1-2H3. The van der Waals surface area contributed by atoms with Gasteiger partial charge in [0.25, 0.3) is 0 Å². The molecule has 0 unspecified atom stereocenters. The van der Waals surface area contributed by atoms with E-state index in [-0.39, 0.29) is 21.7 Å². The Morgan fingerprint density at radius 1 is 1.11 bits per heavy atom. The second-order valence-electron chi connectivity index (χ2n) is 5.90. The fraction of sp³-hybridized carbons (Fsp3) is 0.211. The molecule has 6 nitrogen and oxygen atoms in total. The average Bonchev–Trinajstić information content (AvgIpc) is 3.08. The molecule has 8 heteroatoms. The van der Waals surface area contributed by atoms with Gasteiger partial charge in [-0.25, -0.2) is 8.42 Å². The van der Waals surface area contributed by atoms with Gasteiger partial charge in [-0.2, -0.15) is 4.98 Å². The summed E-state index contributed by atoms with van der Waals surface area (Å²) in [5.74, 6) is 0.332. The van der Waals surface area contributed by atoms with Gasteiger partial charge < -0.3 is 14.5 Å². The lowest BCUT2D eigenvalue weighted by atomic mass is 10.2. The number of oxazole rings is 1. The second kappa shape index (κ2) is 8.24. The van der Waals surface area contributed by atoms with E-state index >= 15 is 0 Å². The van der Waals surface area contributed by atoms with E-state index in [4.69, 9.17) is 9.15 Å². The van der Waals surface area contributed by atoms with Gasteiger partial charge in [-0.05, 0) is 43.3 Å². The first kappa shape index (κ1) is 19.6. The number of nitrogens with one attached hydrogen (secondary N) is 1. The molecule has 0 radical (unpaired) electrons. The van der Waals surface area contributed by atoms with E-state index in [2.05, 4.69) is 26.2 Å². The highest BCUT2D eigenvalue weighted by atomic mass is 79.9. The zero-order chi connectivity index (χ0) is 19.4. The molecule has 0 aliphatic heterocycles. The molecule has 0 saturated heterocycles. The zero-order valence-electron chi connectivity index (χ0n) is 14.9. The minimum Gasteiger partial charge on any atom is -0.419 e. The van der Waals surface area contributed by atoms with Crippen LogP contribution in [0.3, 0.4) is 0 Å². The first-order valence-electron chi connectivity index (χ1n) is 8.23. The molecule has 0 atom stereocenters. The summed E-state index contributed by atoms with van der Waals surface area (Å²) < 4.78 is 37.9. The number of ether oxygens (including phenoxy) is 1. The van der Waals surface area contributed by atoms with E-state index in [1.807, 2.05) is 19.1 Å². The molecule has 3 aromatic rings. The molecule has 0 bridgehead atoms. The van der Waals surface area contributed by atoms with E-state index in [1.54, 1.807) is 43.5 Å². The summed E-state index contributed by atoms with van der Waals surface area (Å²) >= 11 is 3.37. The Balaban J connectivity index is 2.06. The molecule has 0 amide bonds. The number of methoxy groups -OCH3 is 1. The maximum atomic E-state index is 13.1. The van der Waals surface area contributed by atoms with Gasteiger partial charge in [0.1, 0.15) is 0 Å². The minimum absolute atomic E-state index is 0.102. The van der Waals surface area contributed by atoms with Crippen LogP contribution in [0.5, 0.6) is 0 Å². The van der Waals surface area contributed by atoms with Crippen LogP contribution in [-0.2, 0) is 14.6 Å². The maximum Gasteiger partial charge on any atom is 0.233 e. The molecular formula is C19H19BrN2O4S. The molecule has 142 valence electrons. The Labute approximate surface area is 166 Å². The van der Waals surface area contributed by atoms with E-state index in [1.165, 1.54) is 0 Å². The van der Waals surface area contributed by atoms with Crippen LogP contribution in [-0.4, -0.2) is 33.7 Å². The van der Waals surface area contributed by atoms with Crippen LogP contribution < -0.4 is 5.32 Å². The number of rotatable bonds is 7. The third-order valence-electron chi connectivity index (χ3n) is 3.86. The van der Waals surface area contributed by atoms with Gasteiger partial charge >= 0.3 is 0 Å². The van der Waals surface area contributed by atoms with Gasteiger partial charge in [0.05, 0.1) is 11.5 Å². The van der Waals surface area contributed by atoms with Crippen molar-refractivity contribution < 1.29 is 17.6 Å². The number of nitrogens with zero attached hydrogens (tertiary/aromatic N) is 1. The van der Waals surface area contributed by atoms with Gasteiger partial charge in [-0.15, -0.1) is 0 Å². The zero-order valence-corrected chi connectivity index (χ0v) is 17.3. The van der Waals surface area contributed by atoms with Crippen molar-refractivity contribution in [1.29, 1.82) is 0 Å². The van der Waals surface area contributed by atoms with E-state index in [0.29, 0.717) is 18.7 Å². The fourth-order valence-corrected chi connectivity index (χ4v) is 3.95. The molecule has 0 aliphatic rings. The molecule has 0 spiro atoms. The third-order valence-corrected chi connectivity index (χ3v) is 6.07. The van der Waals surface area contributed by atoms with Crippen LogP contribution >= 0.6 is 15.9 Å². The summed E-state index contributed by atoms with van der Waals surface area (Å²) in [6.45, 7) is 2.69. The smallest absolute Gasteiger partial charge is 0.233 e. The van der Waals surface area contributed by atoms with Crippen molar-refractivity contribution in [3.63, 3.8) is 0 Å². The number of hydrogen-bond acceptors (Lipinski definition) is 6. The van der Waals surface area contributed by atoms with Gasteiger partial charge in [-0.1, -0.05) is 33.6 Å². The highest BCUT2D eigenvalue weighted by Gasteiger charge is 2.28. The summed E-state index contributed by atoms with van der Waals surface area (Å²) in [5.41, 5.74) is 1.65. The number of anilines is 1. The van der Waals surface area contributed by atoms with Crippen LogP contribution in [0.25, 0.3) is 11.5 Å². The number of aryl methyl sites for hydroxylation is 1. The summed E-state index contributed by atoms with van der Waals surface area (Å²) in [6, 6.07) is 13.9. The fourth-order valence-electron chi connectivity index (χ4n) is 2.41. The topological polar surface area (TPSA) is 81.4 Å². The summed E-state index contributed by atoms with van der Waals surface area (Å²) in [7, 11) is -2.27. The first-order valence-corrected chi connectivity index (χ1v) is 10.5. The normalized spacial score (nSPS) is 11.5. The van der Waals surface area contributed by atoms with Crippen molar-refractivity contribution in [2.75, 3.05) is 25.6 Å².